The maximum Gasteiger partial charge on any atom is 0.291 e. The molecule has 3 aromatic heterocycles. The number of tetrazole rings is 1. The Morgan fingerprint density at radius 2 is 1.79 bits per heavy atom. The number of methoxy groups -OCH3 is 2. The number of carbonyl (C=O) groups excluding carboxylic acids is 1. The number of nitrogens with one attached hydrogen (secondary N) is 1. The Morgan fingerprint density at radius 1 is 0.979 bits per heavy atom. The van der Waals surface area contributed by atoms with E-state index < -0.39 is 5.91 Å². The standard InChI is InChI=1S/C35H31N7O5/c1-45-31-17-27(28(18-32(31)46-2)37-35(44)33-19-29(43)26-5-3-4-6-30(26)47-33)34-38-40-42(39-34)25-9-7-22(8-10-25)12-15-41-16-13-23-11-14-36-20-24(23)21-41/h3-11,14,17-20H,12-13,15-16,21H2,1-2H3,(H,37,44). The van der Waals surface area contributed by atoms with E-state index in [1.54, 1.807) is 36.4 Å². The minimum Gasteiger partial charge on any atom is -0.493 e. The van der Waals surface area contributed by atoms with Crippen molar-refractivity contribution in [2.75, 3.05) is 32.6 Å². The first-order valence-corrected chi connectivity index (χ1v) is 15.1. The molecule has 3 aromatic carbocycles. The van der Waals surface area contributed by atoms with Crippen molar-refractivity contribution in [3.05, 3.63) is 118 Å². The number of ether oxygens (including phenoxy) is 2. The third-order valence-corrected chi connectivity index (χ3v) is 8.26. The molecule has 0 spiro atoms. The molecular formula is C35H31N7O5. The van der Waals surface area contributed by atoms with Crippen molar-refractivity contribution < 1.29 is 18.7 Å². The lowest BCUT2D eigenvalue weighted by Crippen LogP contribution is -2.32. The van der Waals surface area contributed by atoms with Crippen LogP contribution < -0.4 is 20.2 Å². The smallest absolute Gasteiger partial charge is 0.291 e. The van der Waals surface area contributed by atoms with Gasteiger partial charge < -0.3 is 19.2 Å². The second kappa shape index (κ2) is 12.9. The van der Waals surface area contributed by atoms with Crippen molar-refractivity contribution in [2.45, 2.75) is 19.4 Å². The van der Waals surface area contributed by atoms with Gasteiger partial charge in [-0.05, 0) is 71.1 Å². The van der Waals surface area contributed by atoms with Crippen LogP contribution in [0.3, 0.4) is 0 Å². The molecule has 0 saturated heterocycles. The number of fused-ring (bicyclic) bond motifs is 2. The van der Waals surface area contributed by atoms with Crippen molar-refractivity contribution >= 4 is 22.6 Å². The largest absolute Gasteiger partial charge is 0.493 e. The third kappa shape index (κ3) is 6.18. The summed E-state index contributed by atoms with van der Waals surface area (Å²) < 4.78 is 16.7. The topological polar surface area (TPSA) is 137 Å². The van der Waals surface area contributed by atoms with Crippen LogP contribution in [0.5, 0.6) is 11.5 Å². The molecule has 236 valence electrons. The quantitative estimate of drug-likeness (QED) is 0.240. The second-order valence-corrected chi connectivity index (χ2v) is 11.2. The summed E-state index contributed by atoms with van der Waals surface area (Å²) in [5.74, 6) is 0.250. The SMILES string of the molecule is COc1cc(NC(=O)c2cc(=O)c3ccccc3o2)c(-c2nnn(-c3ccc(CCN4CCc5ccncc5C4)cc3)n2)cc1OC. The highest BCUT2D eigenvalue weighted by Gasteiger charge is 2.21. The lowest BCUT2D eigenvalue weighted by molar-refractivity contribution is 0.0997. The van der Waals surface area contributed by atoms with E-state index in [1.807, 2.05) is 24.5 Å². The van der Waals surface area contributed by atoms with Crippen molar-refractivity contribution in [1.29, 1.82) is 0 Å². The summed E-state index contributed by atoms with van der Waals surface area (Å²) in [5.41, 5.74) is 5.36. The summed E-state index contributed by atoms with van der Waals surface area (Å²) in [6.07, 6.45) is 5.79. The molecule has 12 heteroatoms. The van der Waals surface area contributed by atoms with Gasteiger partial charge in [0.25, 0.3) is 5.91 Å². The zero-order valence-corrected chi connectivity index (χ0v) is 25.8. The maximum absolute atomic E-state index is 13.3. The molecule has 6 aromatic rings. The van der Waals surface area contributed by atoms with Gasteiger partial charge >= 0.3 is 0 Å². The Kier molecular flexibility index (Phi) is 8.15. The molecule has 0 unspecified atom stereocenters. The molecule has 0 bridgehead atoms. The lowest BCUT2D eigenvalue weighted by atomic mass is 10.0. The summed E-state index contributed by atoms with van der Waals surface area (Å²) in [7, 11) is 3.00. The van der Waals surface area contributed by atoms with Crippen molar-refractivity contribution in [2.24, 2.45) is 0 Å². The van der Waals surface area contributed by atoms with Crippen LogP contribution in [0.1, 0.15) is 27.2 Å². The number of nitrogens with zero attached hydrogens (tertiary/aromatic N) is 6. The van der Waals surface area contributed by atoms with Gasteiger partial charge in [0, 0.05) is 44.2 Å². The first-order valence-electron chi connectivity index (χ1n) is 15.1. The van der Waals surface area contributed by atoms with Gasteiger partial charge in [0.1, 0.15) is 5.58 Å². The number of hydrogen-bond acceptors (Lipinski definition) is 10. The molecule has 1 aliphatic heterocycles. The molecule has 1 aliphatic rings. The number of carbonyl (C=O) groups is 1. The first kappa shape index (κ1) is 29.8. The molecule has 1 amide bonds. The van der Waals surface area contributed by atoms with Gasteiger partial charge in [-0.3, -0.25) is 19.5 Å². The van der Waals surface area contributed by atoms with E-state index in [2.05, 4.69) is 48.8 Å². The summed E-state index contributed by atoms with van der Waals surface area (Å²) in [6.45, 7) is 2.91. The number of aromatic nitrogens is 5. The first-order chi connectivity index (χ1) is 23.0. The molecule has 1 N–H and O–H groups in total. The summed E-state index contributed by atoms with van der Waals surface area (Å²) in [6, 6.07) is 21.3. The zero-order valence-electron chi connectivity index (χ0n) is 25.8. The van der Waals surface area contributed by atoms with Crippen molar-refractivity contribution in [3.63, 3.8) is 0 Å². The molecule has 0 atom stereocenters. The average Bonchev–Trinajstić information content (AvgIpc) is 3.61. The van der Waals surface area contributed by atoms with Crippen molar-refractivity contribution in [3.8, 4) is 28.6 Å². The predicted molar refractivity (Wildman–Crippen MR) is 175 cm³/mol. The van der Waals surface area contributed by atoms with Gasteiger partial charge in [-0.2, -0.15) is 0 Å². The van der Waals surface area contributed by atoms with E-state index in [9.17, 15) is 9.59 Å². The molecule has 0 aliphatic carbocycles. The Balaban J connectivity index is 1.10. The van der Waals surface area contributed by atoms with Gasteiger partial charge in [-0.15, -0.1) is 15.0 Å². The summed E-state index contributed by atoms with van der Waals surface area (Å²) in [4.78, 5) is 34.1. The van der Waals surface area contributed by atoms with Crippen LogP contribution in [0, 0.1) is 0 Å². The normalized spacial score (nSPS) is 12.9. The van der Waals surface area contributed by atoms with Gasteiger partial charge in [0.05, 0.1) is 36.5 Å². The van der Waals surface area contributed by atoms with E-state index in [4.69, 9.17) is 13.9 Å². The summed E-state index contributed by atoms with van der Waals surface area (Å²) >= 11 is 0. The van der Waals surface area contributed by atoms with Crippen LogP contribution in [-0.4, -0.2) is 63.3 Å². The number of amides is 1. The van der Waals surface area contributed by atoms with Crippen LogP contribution in [-0.2, 0) is 19.4 Å². The van der Waals surface area contributed by atoms with E-state index in [-0.39, 0.29) is 17.0 Å². The van der Waals surface area contributed by atoms with Gasteiger partial charge in [-0.25, -0.2) is 0 Å². The number of anilines is 1. The number of rotatable bonds is 9. The van der Waals surface area contributed by atoms with E-state index >= 15 is 0 Å². The number of para-hydroxylation sites is 1. The Bertz CT molecular complexity index is 2140. The monoisotopic (exact) mass is 629 g/mol. The van der Waals surface area contributed by atoms with Crippen LogP contribution in [0.4, 0.5) is 5.69 Å². The fourth-order valence-electron chi connectivity index (χ4n) is 5.71. The van der Waals surface area contributed by atoms with Crippen LogP contribution in [0.25, 0.3) is 28.0 Å². The van der Waals surface area contributed by atoms with E-state index in [0.717, 1.165) is 38.2 Å². The Labute approximate surface area is 269 Å². The van der Waals surface area contributed by atoms with Crippen LogP contribution >= 0.6 is 0 Å². The predicted octanol–water partition coefficient (Wildman–Crippen LogP) is 4.70. The number of hydrogen-bond donors (Lipinski definition) is 1. The summed E-state index contributed by atoms with van der Waals surface area (Å²) in [5, 5.41) is 16.4. The molecule has 0 radical (unpaired) electrons. The van der Waals surface area contributed by atoms with Crippen molar-refractivity contribution in [1.82, 2.24) is 30.1 Å². The highest BCUT2D eigenvalue weighted by atomic mass is 16.5. The number of pyridine rings is 1. The average molecular weight is 630 g/mol. The van der Waals surface area contributed by atoms with Gasteiger partial charge in [0.2, 0.25) is 5.82 Å². The minimum atomic E-state index is -0.630. The van der Waals surface area contributed by atoms with Gasteiger partial charge in [-0.1, -0.05) is 24.3 Å². The Morgan fingerprint density at radius 3 is 2.62 bits per heavy atom. The van der Waals surface area contributed by atoms with Crippen LogP contribution in [0.2, 0.25) is 0 Å². The molecule has 47 heavy (non-hydrogen) atoms. The fourth-order valence-corrected chi connectivity index (χ4v) is 5.71. The molecule has 7 rings (SSSR count). The lowest BCUT2D eigenvalue weighted by Gasteiger charge is -2.28. The Hall–Kier alpha value is -5.88. The molecular weight excluding hydrogens is 598 g/mol. The number of benzene rings is 3. The third-order valence-electron chi connectivity index (χ3n) is 8.26. The van der Waals surface area contributed by atoms with Gasteiger partial charge in [0.15, 0.2) is 22.7 Å². The fraction of sp³-hybridized carbons (Fsp3) is 0.200. The second-order valence-electron chi connectivity index (χ2n) is 11.2. The molecule has 0 saturated carbocycles. The molecule has 0 fully saturated rings. The highest BCUT2D eigenvalue weighted by Crippen LogP contribution is 2.38. The zero-order chi connectivity index (χ0) is 32.3. The molecule has 12 nitrogen and oxygen atoms in total. The van der Waals surface area contributed by atoms with E-state index in [0.29, 0.717) is 33.7 Å². The van der Waals surface area contributed by atoms with E-state index in [1.165, 1.54) is 41.8 Å². The highest BCUT2D eigenvalue weighted by molar-refractivity contribution is 6.05. The minimum absolute atomic E-state index is 0.145. The molecule has 4 heterocycles. The maximum atomic E-state index is 13.3. The van der Waals surface area contributed by atoms with Crippen LogP contribution in [0.15, 0.2) is 94.4 Å².